The topological polar surface area (TPSA) is 187 Å². The minimum Gasteiger partial charge on any atom is -0.444 e. The molecule has 9 rings (SSSR count). The number of hydrogen-bond acceptors (Lipinski definition) is 12. The standard InChI is InChI=1S/C44H53F2N11O6/c1-53(22-31-23-55(16-17-62-31)21-29-4-3-5-34-39(29)54(2)44(61)57(34)35-12-13-37(58)51-42(35)60)20-27-8-10-30(11-9-27)56-24-32(38(52-56)40(45)46)49-41(59)33-25-63-43(50-33)28-14-15-47-36(18-28)48-19-26-6-7-26/h3-5,14-15,18,24-27,30-31,35,40H,6-13,16-17,19-23H2,1-2H3,(H,47,48)(H,49,59)(H,51,58,60)/t27-,30-,31-,35?/m1/s1. The summed E-state index contributed by atoms with van der Waals surface area (Å²) >= 11 is 0. The van der Waals surface area contributed by atoms with Crippen molar-refractivity contribution in [1.82, 2.24) is 44.0 Å². The highest BCUT2D eigenvalue weighted by Gasteiger charge is 2.33. The number of piperidine rings is 1. The number of fused-ring (bicyclic) bond motifs is 1. The van der Waals surface area contributed by atoms with Crippen LogP contribution in [-0.2, 0) is 27.9 Å². The number of carbonyl (C=O) groups excluding carboxylic acids is 3. The van der Waals surface area contributed by atoms with Crippen LogP contribution < -0.4 is 21.6 Å². The molecule has 334 valence electrons. The highest BCUT2D eigenvalue weighted by atomic mass is 19.3. The second-order valence-electron chi connectivity index (χ2n) is 17.5. The van der Waals surface area contributed by atoms with Crippen LogP contribution in [-0.4, -0.2) is 109 Å². The number of rotatable bonds is 15. The van der Waals surface area contributed by atoms with Gasteiger partial charge >= 0.3 is 5.69 Å². The number of imidazole rings is 1. The Morgan fingerprint density at radius 2 is 1.86 bits per heavy atom. The summed E-state index contributed by atoms with van der Waals surface area (Å²) in [5.41, 5.74) is 2.20. The van der Waals surface area contributed by atoms with Gasteiger partial charge < -0.3 is 24.7 Å². The number of morpholine rings is 1. The largest absolute Gasteiger partial charge is 0.444 e. The average molecular weight is 870 g/mol. The Balaban J connectivity index is 0.766. The fourth-order valence-electron chi connectivity index (χ4n) is 9.39. The second kappa shape index (κ2) is 18.1. The number of hydrogen-bond donors (Lipinski definition) is 3. The maximum absolute atomic E-state index is 14.2. The van der Waals surface area contributed by atoms with Gasteiger partial charge in [0.05, 0.1) is 35.5 Å². The fraction of sp³-hybridized carbons (Fsp3) is 0.523. The van der Waals surface area contributed by atoms with Crippen LogP contribution in [0.4, 0.5) is 20.3 Å². The molecule has 2 saturated carbocycles. The Kier molecular flexibility index (Phi) is 12.2. The van der Waals surface area contributed by atoms with Gasteiger partial charge in [0.1, 0.15) is 18.1 Å². The molecule has 3 N–H and O–H groups in total. The summed E-state index contributed by atoms with van der Waals surface area (Å²) in [5, 5.41) is 12.5. The summed E-state index contributed by atoms with van der Waals surface area (Å²) in [6.45, 7) is 5.07. The number of nitrogens with zero attached hydrogens (tertiary/aromatic N) is 8. The van der Waals surface area contributed by atoms with Gasteiger partial charge in [-0.15, -0.1) is 0 Å². The third kappa shape index (κ3) is 9.45. The highest BCUT2D eigenvalue weighted by Crippen LogP contribution is 2.36. The number of para-hydroxylation sites is 1. The van der Waals surface area contributed by atoms with Gasteiger partial charge in [-0.25, -0.2) is 23.5 Å². The van der Waals surface area contributed by atoms with Crippen molar-refractivity contribution in [1.29, 1.82) is 0 Å². The SMILES string of the molecule is CN(C[C@@H]1CN(Cc2cccc3c2n(C)c(=O)n3C2CCC(=O)NC2=O)CCO1)C[C@H]1CC[C@H](n2cc(NC(=O)c3coc(-c4ccnc(NCC5CC5)c4)n3)c(C(F)F)n2)CC1. The van der Waals surface area contributed by atoms with Crippen LogP contribution in [0.2, 0.25) is 0 Å². The predicted molar refractivity (Wildman–Crippen MR) is 228 cm³/mol. The average Bonchev–Trinajstić information content (AvgIpc) is 3.67. The zero-order chi connectivity index (χ0) is 43.8. The molecule has 5 aromatic rings. The zero-order valence-electron chi connectivity index (χ0n) is 35.5. The molecule has 0 spiro atoms. The first-order valence-corrected chi connectivity index (χ1v) is 21.9. The molecule has 2 aliphatic carbocycles. The number of aromatic nitrogens is 6. The molecular weight excluding hydrogens is 817 g/mol. The molecule has 3 amide bonds. The number of alkyl halides is 2. The third-order valence-corrected chi connectivity index (χ3v) is 12.8. The number of nitrogens with one attached hydrogen (secondary N) is 3. The first kappa shape index (κ1) is 42.5. The number of pyridine rings is 1. The van der Waals surface area contributed by atoms with Crippen molar-refractivity contribution in [3.05, 3.63) is 76.4 Å². The first-order chi connectivity index (χ1) is 30.5. The Morgan fingerprint density at radius 3 is 2.63 bits per heavy atom. The van der Waals surface area contributed by atoms with Gasteiger partial charge in [-0.3, -0.25) is 38.4 Å². The van der Waals surface area contributed by atoms with E-state index in [0.717, 1.165) is 62.9 Å². The molecule has 19 heteroatoms. The summed E-state index contributed by atoms with van der Waals surface area (Å²) in [6.07, 6.45) is 7.64. The molecule has 2 aliphatic heterocycles. The molecule has 0 bridgehead atoms. The molecule has 4 fully saturated rings. The van der Waals surface area contributed by atoms with E-state index in [1.54, 1.807) is 34.6 Å². The summed E-state index contributed by atoms with van der Waals surface area (Å²) < 4.78 is 44.9. The molecule has 2 saturated heterocycles. The lowest BCUT2D eigenvalue weighted by Crippen LogP contribution is -2.47. The number of carbonyl (C=O) groups is 3. The van der Waals surface area contributed by atoms with Crippen LogP contribution in [0.15, 0.2) is 58.2 Å². The molecule has 4 aliphatic rings. The first-order valence-electron chi connectivity index (χ1n) is 21.9. The van der Waals surface area contributed by atoms with Crippen molar-refractivity contribution in [2.24, 2.45) is 18.9 Å². The smallest absolute Gasteiger partial charge is 0.329 e. The number of benzene rings is 1. The van der Waals surface area contributed by atoms with Crippen molar-refractivity contribution >= 4 is 40.3 Å². The van der Waals surface area contributed by atoms with E-state index in [-0.39, 0.29) is 53.9 Å². The quantitative estimate of drug-likeness (QED) is 0.118. The molecule has 2 atom stereocenters. The molecule has 1 aromatic carbocycles. The number of imide groups is 1. The second-order valence-corrected chi connectivity index (χ2v) is 17.5. The molecule has 0 radical (unpaired) electrons. The van der Waals surface area contributed by atoms with Crippen LogP contribution in [0.25, 0.3) is 22.5 Å². The van der Waals surface area contributed by atoms with E-state index in [0.29, 0.717) is 48.4 Å². The lowest BCUT2D eigenvalue weighted by molar-refractivity contribution is -0.135. The van der Waals surface area contributed by atoms with Crippen LogP contribution in [0, 0.1) is 11.8 Å². The zero-order valence-corrected chi connectivity index (χ0v) is 35.5. The van der Waals surface area contributed by atoms with Gasteiger partial charge in [0.2, 0.25) is 17.7 Å². The number of oxazole rings is 1. The van der Waals surface area contributed by atoms with E-state index in [1.807, 2.05) is 18.2 Å². The Morgan fingerprint density at radius 1 is 1.05 bits per heavy atom. The highest BCUT2D eigenvalue weighted by molar-refractivity contribution is 6.03. The van der Waals surface area contributed by atoms with Crippen molar-refractivity contribution in [3.8, 4) is 11.5 Å². The molecule has 63 heavy (non-hydrogen) atoms. The summed E-state index contributed by atoms with van der Waals surface area (Å²) in [6, 6.07) is 8.48. The van der Waals surface area contributed by atoms with E-state index in [2.05, 4.69) is 47.9 Å². The fourth-order valence-corrected chi connectivity index (χ4v) is 9.39. The van der Waals surface area contributed by atoms with E-state index < -0.39 is 30.0 Å². The summed E-state index contributed by atoms with van der Waals surface area (Å²) in [5.74, 6) is 0.532. The van der Waals surface area contributed by atoms with E-state index >= 15 is 0 Å². The molecular formula is C44H53F2N11O6. The third-order valence-electron chi connectivity index (χ3n) is 12.8. The Hall–Kier alpha value is -5.79. The van der Waals surface area contributed by atoms with Gasteiger partial charge in [-0.1, -0.05) is 12.1 Å². The van der Waals surface area contributed by atoms with Crippen LogP contribution >= 0.6 is 0 Å². The minimum absolute atomic E-state index is 0.0205. The van der Waals surface area contributed by atoms with Gasteiger partial charge in [0.15, 0.2) is 11.4 Å². The van der Waals surface area contributed by atoms with Crippen molar-refractivity contribution < 1.29 is 32.3 Å². The van der Waals surface area contributed by atoms with Crippen molar-refractivity contribution in [2.45, 2.75) is 82.5 Å². The number of anilines is 2. The Labute approximate surface area is 362 Å². The Bertz CT molecular complexity index is 2540. The van der Waals surface area contributed by atoms with E-state index in [1.165, 1.54) is 29.9 Å². The molecule has 6 heterocycles. The lowest BCUT2D eigenvalue weighted by Gasteiger charge is -2.36. The van der Waals surface area contributed by atoms with Crippen LogP contribution in [0.1, 0.15) is 91.6 Å². The molecule has 4 aromatic heterocycles. The van der Waals surface area contributed by atoms with Crippen LogP contribution in [0.3, 0.4) is 0 Å². The number of likely N-dealkylation sites (N-methyl/N-ethyl adjacent to an activating group) is 1. The monoisotopic (exact) mass is 869 g/mol. The van der Waals surface area contributed by atoms with Gasteiger partial charge in [-0.05, 0) is 87.6 Å². The lowest BCUT2D eigenvalue weighted by atomic mass is 9.86. The van der Waals surface area contributed by atoms with Crippen molar-refractivity contribution in [3.63, 3.8) is 0 Å². The number of amides is 3. The maximum Gasteiger partial charge on any atom is 0.329 e. The summed E-state index contributed by atoms with van der Waals surface area (Å²) in [4.78, 5) is 64.5. The molecule has 17 nitrogen and oxygen atoms in total. The van der Waals surface area contributed by atoms with Gasteiger partial charge in [-0.2, -0.15) is 5.10 Å². The van der Waals surface area contributed by atoms with Crippen LogP contribution in [0.5, 0.6) is 0 Å². The molecule has 1 unspecified atom stereocenters. The van der Waals surface area contributed by atoms with Gasteiger partial charge in [0.25, 0.3) is 12.3 Å². The van der Waals surface area contributed by atoms with E-state index in [9.17, 15) is 28.0 Å². The number of ether oxygens (including phenoxy) is 1. The summed E-state index contributed by atoms with van der Waals surface area (Å²) in [7, 11) is 3.82. The predicted octanol–water partition coefficient (Wildman–Crippen LogP) is 5.14. The minimum atomic E-state index is -2.88. The van der Waals surface area contributed by atoms with Crippen molar-refractivity contribution in [2.75, 3.05) is 57.0 Å². The number of halogens is 2. The van der Waals surface area contributed by atoms with E-state index in [4.69, 9.17) is 9.15 Å². The number of aryl methyl sites for hydroxylation is 1. The van der Waals surface area contributed by atoms with Gasteiger partial charge in [0, 0.05) is 70.7 Å². The maximum atomic E-state index is 14.2. The normalized spacial score (nSPS) is 22.3.